The third-order valence-corrected chi connectivity index (χ3v) is 9.63. The minimum absolute atomic E-state index is 0.0555. The SMILES string of the molecule is O=c1[nH]c(OC[C@@]23CCCN2C[C@H](F)C3)nc2c1CCN(c1c3ccccc3cc3c1cnn3C1CCCCO1)C2. The third-order valence-electron chi connectivity index (χ3n) is 9.63. The van der Waals surface area contributed by atoms with Crippen LogP contribution in [0, 0.1) is 0 Å². The Kier molecular flexibility index (Phi) is 6.03. The summed E-state index contributed by atoms with van der Waals surface area (Å²) in [5, 5.41) is 8.17. The van der Waals surface area contributed by atoms with Crippen LogP contribution in [0.25, 0.3) is 21.7 Å². The average Bonchev–Trinajstić information content (AvgIpc) is 3.67. The molecule has 2 aromatic carbocycles. The second-order valence-electron chi connectivity index (χ2n) is 12.1. The first-order valence-corrected chi connectivity index (χ1v) is 15.0. The summed E-state index contributed by atoms with van der Waals surface area (Å²) in [6, 6.07) is 10.9. The van der Waals surface area contributed by atoms with Crippen LogP contribution in [0.1, 0.15) is 56.0 Å². The lowest BCUT2D eigenvalue weighted by atomic mass is 9.95. The number of rotatable bonds is 5. The monoisotopic (exact) mass is 558 g/mol. The van der Waals surface area contributed by atoms with Crippen molar-refractivity contribution in [3.63, 3.8) is 0 Å². The highest BCUT2D eigenvalue weighted by molar-refractivity contribution is 6.10. The van der Waals surface area contributed by atoms with Gasteiger partial charge >= 0.3 is 0 Å². The molecule has 10 heteroatoms. The van der Waals surface area contributed by atoms with Gasteiger partial charge in [0.1, 0.15) is 12.8 Å². The summed E-state index contributed by atoms with van der Waals surface area (Å²) < 4.78 is 28.5. The van der Waals surface area contributed by atoms with E-state index in [1.807, 2.05) is 10.9 Å². The number of anilines is 1. The largest absolute Gasteiger partial charge is 0.463 e. The van der Waals surface area contributed by atoms with E-state index in [1.54, 1.807) is 0 Å². The van der Waals surface area contributed by atoms with Gasteiger partial charge in [0.25, 0.3) is 11.6 Å². The maximum absolute atomic E-state index is 14.2. The third kappa shape index (κ3) is 4.22. The molecular weight excluding hydrogens is 523 g/mol. The fourth-order valence-electron chi connectivity index (χ4n) is 7.64. The van der Waals surface area contributed by atoms with Crippen molar-refractivity contribution < 1.29 is 13.9 Å². The molecule has 4 aromatic rings. The number of aromatic nitrogens is 4. The lowest BCUT2D eigenvalue weighted by molar-refractivity contribution is -0.0366. The second kappa shape index (κ2) is 9.80. The van der Waals surface area contributed by atoms with Crippen LogP contribution >= 0.6 is 0 Å². The highest BCUT2D eigenvalue weighted by Gasteiger charge is 2.49. The van der Waals surface area contributed by atoms with Crippen molar-refractivity contribution in [2.75, 3.05) is 37.7 Å². The van der Waals surface area contributed by atoms with E-state index in [4.69, 9.17) is 19.6 Å². The number of hydrogen-bond acceptors (Lipinski definition) is 7. The molecule has 2 aromatic heterocycles. The zero-order chi connectivity index (χ0) is 27.6. The highest BCUT2D eigenvalue weighted by Crippen LogP contribution is 2.41. The predicted octanol–water partition coefficient (Wildman–Crippen LogP) is 4.49. The molecule has 4 aliphatic heterocycles. The molecule has 9 nitrogen and oxygen atoms in total. The predicted molar refractivity (Wildman–Crippen MR) is 154 cm³/mol. The van der Waals surface area contributed by atoms with Crippen LogP contribution in [-0.4, -0.2) is 69.2 Å². The van der Waals surface area contributed by atoms with Crippen molar-refractivity contribution in [2.45, 2.75) is 69.4 Å². The van der Waals surface area contributed by atoms with Crippen molar-refractivity contribution >= 4 is 27.4 Å². The molecule has 1 N–H and O–H groups in total. The quantitative estimate of drug-likeness (QED) is 0.386. The number of fused-ring (bicyclic) bond motifs is 4. The molecule has 3 saturated heterocycles. The van der Waals surface area contributed by atoms with E-state index in [-0.39, 0.29) is 23.3 Å². The van der Waals surface area contributed by atoms with Crippen LogP contribution in [0.3, 0.4) is 0 Å². The first-order chi connectivity index (χ1) is 20.1. The molecule has 0 amide bonds. The van der Waals surface area contributed by atoms with Gasteiger partial charge in [0, 0.05) is 42.5 Å². The zero-order valence-electron chi connectivity index (χ0n) is 23.1. The average molecular weight is 559 g/mol. The van der Waals surface area contributed by atoms with Crippen LogP contribution in [0.2, 0.25) is 0 Å². The Bertz CT molecular complexity index is 1680. The minimum Gasteiger partial charge on any atom is -0.463 e. The first kappa shape index (κ1) is 25.2. The van der Waals surface area contributed by atoms with E-state index < -0.39 is 6.17 Å². The van der Waals surface area contributed by atoms with Gasteiger partial charge in [-0.2, -0.15) is 10.1 Å². The minimum atomic E-state index is -0.824. The summed E-state index contributed by atoms with van der Waals surface area (Å²) in [7, 11) is 0. The van der Waals surface area contributed by atoms with Crippen molar-refractivity contribution in [3.8, 4) is 6.01 Å². The summed E-state index contributed by atoms with van der Waals surface area (Å²) in [5.41, 5.74) is 3.16. The first-order valence-electron chi connectivity index (χ1n) is 15.0. The van der Waals surface area contributed by atoms with Gasteiger partial charge in [0.15, 0.2) is 6.23 Å². The summed E-state index contributed by atoms with van der Waals surface area (Å²) in [6.45, 7) is 3.65. The highest BCUT2D eigenvalue weighted by atomic mass is 19.1. The smallest absolute Gasteiger partial charge is 0.296 e. The molecule has 0 spiro atoms. The number of H-pyrrole nitrogens is 1. The Morgan fingerprint density at radius 3 is 3.00 bits per heavy atom. The van der Waals surface area contributed by atoms with Crippen molar-refractivity contribution in [3.05, 3.63) is 58.1 Å². The van der Waals surface area contributed by atoms with E-state index in [0.29, 0.717) is 44.6 Å². The topological polar surface area (TPSA) is 88.5 Å². The number of halogens is 1. The molecule has 0 aliphatic carbocycles. The van der Waals surface area contributed by atoms with Gasteiger partial charge in [0.05, 0.1) is 35.2 Å². The lowest BCUT2D eigenvalue weighted by Gasteiger charge is -2.32. The maximum Gasteiger partial charge on any atom is 0.296 e. The van der Waals surface area contributed by atoms with Crippen LogP contribution in [0.15, 0.2) is 41.3 Å². The van der Waals surface area contributed by atoms with Crippen LogP contribution < -0.4 is 15.2 Å². The van der Waals surface area contributed by atoms with E-state index >= 15 is 0 Å². The summed E-state index contributed by atoms with van der Waals surface area (Å²) >= 11 is 0. The Balaban J connectivity index is 1.13. The summed E-state index contributed by atoms with van der Waals surface area (Å²) in [4.78, 5) is 25.3. The molecule has 3 fully saturated rings. The van der Waals surface area contributed by atoms with Gasteiger partial charge in [-0.15, -0.1) is 0 Å². The summed E-state index contributed by atoms with van der Waals surface area (Å²) in [6.07, 6.45) is 7.27. The Morgan fingerprint density at radius 2 is 2.10 bits per heavy atom. The Labute approximate surface area is 237 Å². The number of alkyl halides is 1. The number of ether oxygens (including phenoxy) is 2. The number of hydrogen-bond donors (Lipinski definition) is 1. The van der Waals surface area contributed by atoms with Crippen LogP contribution in [-0.2, 0) is 17.7 Å². The number of aromatic amines is 1. The van der Waals surface area contributed by atoms with E-state index in [9.17, 15) is 9.18 Å². The van der Waals surface area contributed by atoms with Gasteiger partial charge in [0.2, 0.25) is 0 Å². The molecule has 214 valence electrons. The second-order valence-corrected chi connectivity index (χ2v) is 12.1. The van der Waals surface area contributed by atoms with Gasteiger partial charge in [-0.25, -0.2) is 9.07 Å². The van der Waals surface area contributed by atoms with Gasteiger partial charge in [-0.1, -0.05) is 24.3 Å². The van der Waals surface area contributed by atoms with Gasteiger partial charge in [-0.05, 0) is 56.5 Å². The molecule has 8 rings (SSSR count). The standard InChI is InChI=1S/C31H35FN6O3/c32-21-15-31(10-5-11-37(31)17-21)19-41-30-34-25-18-36(12-9-23(25)29(39)35-30)28-22-7-2-1-6-20(22)14-26-24(28)16-33-38(26)27-8-3-4-13-40-27/h1-2,6-7,14,16,21,27H,3-5,8-13,15,17-19H2,(H,34,35,39)/t21-,27?,31+/m1/s1. The molecule has 0 radical (unpaired) electrons. The molecule has 3 atom stereocenters. The van der Waals surface area contributed by atoms with E-state index in [0.717, 1.165) is 78.3 Å². The molecular formula is C31H35FN6O3. The number of benzene rings is 2. The van der Waals surface area contributed by atoms with Crippen LogP contribution in [0.4, 0.5) is 10.1 Å². The lowest BCUT2D eigenvalue weighted by Crippen LogP contribution is -2.44. The summed E-state index contributed by atoms with van der Waals surface area (Å²) in [5.74, 6) is 0. The molecule has 1 unspecified atom stereocenters. The van der Waals surface area contributed by atoms with Crippen molar-refractivity contribution in [1.29, 1.82) is 0 Å². The maximum atomic E-state index is 14.2. The van der Waals surface area contributed by atoms with Crippen molar-refractivity contribution in [2.24, 2.45) is 0 Å². The van der Waals surface area contributed by atoms with Crippen molar-refractivity contribution in [1.82, 2.24) is 24.6 Å². The molecule has 6 heterocycles. The number of nitrogens with zero attached hydrogens (tertiary/aromatic N) is 5. The van der Waals surface area contributed by atoms with E-state index in [2.05, 4.69) is 45.1 Å². The normalized spacial score (nSPS) is 26.5. The van der Waals surface area contributed by atoms with Gasteiger partial charge in [-0.3, -0.25) is 14.7 Å². The Hall–Kier alpha value is -3.50. The van der Waals surface area contributed by atoms with Gasteiger partial charge < -0.3 is 14.4 Å². The fraction of sp³-hybridized carbons (Fsp3) is 0.516. The van der Waals surface area contributed by atoms with E-state index in [1.165, 1.54) is 0 Å². The Morgan fingerprint density at radius 1 is 1.17 bits per heavy atom. The molecule has 4 aliphatic rings. The molecule has 0 bridgehead atoms. The molecule has 41 heavy (non-hydrogen) atoms. The van der Waals surface area contributed by atoms with Crippen LogP contribution in [0.5, 0.6) is 6.01 Å². The zero-order valence-corrected chi connectivity index (χ0v) is 23.1. The number of nitrogens with one attached hydrogen (secondary N) is 1. The molecule has 0 saturated carbocycles. The fourth-order valence-corrected chi connectivity index (χ4v) is 7.64.